The van der Waals surface area contributed by atoms with Crippen molar-refractivity contribution >= 4 is 23.0 Å². The Hall–Kier alpha value is -3.13. The number of nitro benzene ring substituents is 1. The van der Waals surface area contributed by atoms with Gasteiger partial charge in [-0.25, -0.2) is 0 Å². The molecule has 2 aromatic rings. The molecule has 0 fully saturated rings. The highest BCUT2D eigenvalue weighted by Gasteiger charge is 2.22. The number of anilines is 2. The minimum atomic E-state index is -0.506. The lowest BCUT2D eigenvalue weighted by molar-refractivity contribution is -0.384. The summed E-state index contributed by atoms with van der Waals surface area (Å²) in [6.45, 7) is 5.10. The molecule has 0 aliphatic carbocycles. The van der Waals surface area contributed by atoms with Crippen molar-refractivity contribution in [3.05, 3.63) is 58.1 Å². The first-order chi connectivity index (χ1) is 13.8. The number of hydrogen-bond donors (Lipinski definition) is 1. The summed E-state index contributed by atoms with van der Waals surface area (Å²) < 4.78 is 5.22. The van der Waals surface area contributed by atoms with Gasteiger partial charge in [0.25, 0.3) is 5.69 Å². The van der Waals surface area contributed by atoms with E-state index < -0.39 is 11.0 Å². The van der Waals surface area contributed by atoms with Crippen molar-refractivity contribution in [2.75, 3.05) is 38.0 Å². The molecule has 0 radical (unpaired) electrons. The topological polar surface area (TPSA) is 88.0 Å². The Balaban J connectivity index is 2.13. The zero-order valence-corrected chi connectivity index (χ0v) is 17.5. The molecular formula is C21H28N4O4. The smallest absolute Gasteiger partial charge is 0.271 e. The Morgan fingerprint density at radius 2 is 1.86 bits per heavy atom. The highest BCUT2D eigenvalue weighted by Crippen LogP contribution is 2.29. The Morgan fingerprint density at radius 1 is 1.21 bits per heavy atom. The Bertz CT molecular complexity index is 852. The van der Waals surface area contributed by atoms with Crippen LogP contribution in [0.15, 0.2) is 42.5 Å². The third-order valence-electron chi connectivity index (χ3n) is 4.82. The van der Waals surface area contributed by atoms with Gasteiger partial charge in [-0.2, -0.15) is 0 Å². The number of nitro groups is 1. The monoisotopic (exact) mass is 400 g/mol. The van der Waals surface area contributed by atoms with Crippen molar-refractivity contribution in [3.63, 3.8) is 0 Å². The van der Waals surface area contributed by atoms with E-state index in [0.717, 1.165) is 11.3 Å². The van der Waals surface area contributed by atoms with E-state index in [-0.39, 0.29) is 17.3 Å². The summed E-state index contributed by atoms with van der Waals surface area (Å²) in [5.41, 5.74) is 2.39. The van der Waals surface area contributed by atoms with Crippen LogP contribution in [0.5, 0.6) is 5.75 Å². The number of carbonyl (C=O) groups excluding carboxylic acids is 1. The van der Waals surface area contributed by atoms with Crippen molar-refractivity contribution in [2.45, 2.75) is 26.4 Å². The molecule has 0 aliphatic rings. The van der Waals surface area contributed by atoms with Crippen LogP contribution >= 0.6 is 0 Å². The second-order valence-corrected chi connectivity index (χ2v) is 6.93. The fourth-order valence-corrected chi connectivity index (χ4v) is 2.97. The largest absolute Gasteiger partial charge is 0.495 e. The maximum absolute atomic E-state index is 12.8. The summed E-state index contributed by atoms with van der Waals surface area (Å²) in [6.07, 6.45) is 0. The second kappa shape index (κ2) is 9.88. The summed E-state index contributed by atoms with van der Waals surface area (Å²) in [6, 6.07) is 11.9. The summed E-state index contributed by atoms with van der Waals surface area (Å²) in [5, 5.41) is 13.8. The Labute approximate surface area is 171 Å². The van der Waals surface area contributed by atoms with Crippen molar-refractivity contribution < 1.29 is 14.5 Å². The maximum atomic E-state index is 12.8. The first-order valence-electron chi connectivity index (χ1n) is 9.40. The zero-order chi connectivity index (χ0) is 21.6. The van der Waals surface area contributed by atoms with Crippen molar-refractivity contribution in [3.8, 4) is 5.75 Å². The van der Waals surface area contributed by atoms with E-state index in [4.69, 9.17) is 4.74 Å². The highest BCUT2D eigenvalue weighted by atomic mass is 16.6. The normalized spacial score (nSPS) is 11.8. The number of hydrogen-bond acceptors (Lipinski definition) is 6. The lowest BCUT2D eigenvalue weighted by Crippen LogP contribution is -2.41. The number of methoxy groups -OCH3 is 1. The zero-order valence-electron chi connectivity index (χ0n) is 17.5. The molecule has 0 spiro atoms. The van der Waals surface area contributed by atoms with Crippen LogP contribution in [0.3, 0.4) is 0 Å². The number of nitrogens with zero attached hydrogens (tertiary/aromatic N) is 3. The second-order valence-electron chi connectivity index (χ2n) is 6.93. The highest BCUT2D eigenvalue weighted by molar-refractivity contribution is 5.96. The van der Waals surface area contributed by atoms with Crippen LogP contribution < -0.4 is 15.0 Å². The quantitative estimate of drug-likeness (QED) is 0.512. The minimum absolute atomic E-state index is 0.109. The molecule has 8 heteroatoms. The van der Waals surface area contributed by atoms with Gasteiger partial charge in [0.1, 0.15) is 5.75 Å². The molecule has 0 saturated heterocycles. The van der Waals surface area contributed by atoms with E-state index in [0.29, 0.717) is 18.8 Å². The van der Waals surface area contributed by atoms with E-state index in [1.54, 1.807) is 0 Å². The SMILES string of the molecule is CCN(Cc1ccc(N(C)C)cc1)[C@@H](C)C(=O)Nc1cc([N+](=O)[O-])ccc1OC. The number of non-ortho nitro benzene ring substituents is 1. The molecule has 1 atom stereocenters. The lowest BCUT2D eigenvalue weighted by Gasteiger charge is -2.27. The van der Waals surface area contributed by atoms with Crippen LogP contribution in [0.1, 0.15) is 19.4 Å². The van der Waals surface area contributed by atoms with Crippen LogP contribution in [0, 0.1) is 10.1 Å². The van der Waals surface area contributed by atoms with E-state index in [9.17, 15) is 14.9 Å². The Morgan fingerprint density at radius 3 is 2.38 bits per heavy atom. The predicted molar refractivity (Wildman–Crippen MR) is 115 cm³/mol. The Kier molecular flexibility index (Phi) is 7.55. The van der Waals surface area contributed by atoms with Gasteiger partial charge in [-0.15, -0.1) is 0 Å². The number of likely N-dealkylation sites (N-methyl/N-ethyl adjacent to an activating group) is 1. The fraction of sp³-hybridized carbons (Fsp3) is 0.381. The number of nitrogens with one attached hydrogen (secondary N) is 1. The molecule has 8 nitrogen and oxygen atoms in total. The van der Waals surface area contributed by atoms with Gasteiger partial charge in [-0.1, -0.05) is 19.1 Å². The van der Waals surface area contributed by atoms with Gasteiger partial charge in [0, 0.05) is 38.5 Å². The molecule has 0 unspecified atom stereocenters. The average molecular weight is 400 g/mol. The summed E-state index contributed by atoms with van der Waals surface area (Å²) in [4.78, 5) is 27.4. The molecular weight excluding hydrogens is 372 g/mol. The number of ether oxygens (including phenoxy) is 1. The standard InChI is InChI=1S/C21H28N4O4/c1-6-24(14-16-7-9-17(10-8-16)23(3)4)15(2)21(26)22-19-13-18(25(27)28)11-12-20(19)29-5/h7-13,15H,6,14H2,1-5H3,(H,22,26)/t15-/m0/s1. The van der Waals surface area contributed by atoms with Crippen LogP contribution in [0.25, 0.3) is 0 Å². The first kappa shape index (κ1) is 22.2. The molecule has 2 rings (SSSR count). The number of benzene rings is 2. The first-order valence-corrected chi connectivity index (χ1v) is 9.40. The maximum Gasteiger partial charge on any atom is 0.271 e. The van der Waals surface area contributed by atoms with Crippen LogP contribution in [-0.2, 0) is 11.3 Å². The van der Waals surface area contributed by atoms with Gasteiger partial charge in [0.05, 0.1) is 23.8 Å². The average Bonchev–Trinajstić information content (AvgIpc) is 2.71. The number of rotatable bonds is 9. The molecule has 156 valence electrons. The van der Waals surface area contributed by atoms with E-state index in [2.05, 4.69) is 5.32 Å². The molecule has 1 N–H and O–H groups in total. The number of amides is 1. The third kappa shape index (κ3) is 5.68. The van der Waals surface area contributed by atoms with E-state index in [1.165, 1.54) is 25.3 Å². The molecule has 0 saturated carbocycles. The summed E-state index contributed by atoms with van der Waals surface area (Å²) in [7, 11) is 5.43. The predicted octanol–water partition coefficient (Wildman–Crippen LogP) is 3.52. The molecule has 0 aliphatic heterocycles. The van der Waals surface area contributed by atoms with E-state index >= 15 is 0 Å². The van der Waals surface area contributed by atoms with Gasteiger partial charge >= 0.3 is 0 Å². The van der Waals surface area contributed by atoms with Crippen molar-refractivity contribution in [1.29, 1.82) is 0 Å². The fourth-order valence-electron chi connectivity index (χ4n) is 2.97. The lowest BCUT2D eigenvalue weighted by atomic mass is 10.1. The third-order valence-corrected chi connectivity index (χ3v) is 4.82. The van der Waals surface area contributed by atoms with E-state index in [1.807, 2.05) is 62.0 Å². The van der Waals surface area contributed by atoms with Crippen molar-refractivity contribution in [2.24, 2.45) is 0 Å². The minimum Gasteiger partial charge on any atom is -0.495 e. The van der Waals surface area contributed by atoms with Gasteiger partial charge in [0.2, 0.25) is 5.91 Å². The van der Waals surface area contributed by atoms with Crippen LogP contribution in [0.2, 0.25) is 0 Å². The summed E-state index contributed by atoms with van der Waals surface area (Å²) in [5.74, 6) is 0.119. The van der Waals surface area contributed by atoms with Crippen LogP contribution in [0.4, 0.5) is 17.1 Å². The molecule has 29 heavy (non-hydrogen) atoms. The molecule has 1 amide bonds. The number of carbonyl (C=O) groups is 1. The van der Waals surface area contributed by atoms with Gasteiger partial charge in [-0.05, 0) is 37.2 Å². The summed E-state index contributed by atoms with van der Waals surface area (Å²) >= 11 is 0. The molecule has 0 heterocycles. The van der Waals surface area contributed by atoms with Gasteiger partial charge in [-0.3, -0.25) is 19.8 Å². The van der Waals surface area contributed by atoms with Gasteiger partial charge in [0.15, 0.2) is 0 Å². The van der Waals surface area contributed by atoms with Crippen LogP contribution in [-0.4, -0.2) is 49.5 Å². The molecule has 0 aromatic heterocycles. The molecule has 2 aromatic carbocycles. The van der Waals surface area contributed by atoms with Gasteiger partial charge < -0.3 is 15.0 Å². The van der Waals surface area contributed by atoms with Crippen molar-refractivity contribution in [1.82, 2.24) is 4.90 Å². The molecule has 0 bridgehead atoms.